The van der Waals surface area contributed by atoms with Crippen LogP contribution in [0.25, 0.3) is 55.6 Å². The third-order valence-electron chi connectivity index (χ3n) is 11.9. The molecule has 0 saturated carbocycles. The van der Waals surface area contributed by atoms with Crippen LogP contribution >= 0.6 is 0 Å². The van der Waals surface area contributed by atoms with Crippen molar-refractivity contribution in [3.8, 4) is 55.6 Å². The predicted octanol–water partition coefficient (Wildman–Crippen LogP) is 11.5. The summed E-state index contributed by atoms with van der Waals surface area (Å²) in [6.07, 6.45) is 0. The maximum absolute atomic E-state index is 3.25. The first kappa shape index (κ1) is 32.7. The molecule has 1 spiro atoms. The van der Waals surface area contributed by atoms with Gasteiger partial charge in [-0.25, -0.2) is 0 Å². The van der Waals surface area contributed by atoms with Gasteiger partial charge in [0.1, 0.15) is 0 Å². The summed E-state index contributed by atoms with van der Waals surface area (Å²) in [6.45, 7) is 0. The number of hydrogen-bond donors (Lipinski definition) is 0. The Bertz CT molecular complexity index is 2730. The van der Waals surface area contributed by atoms with E-state index in [1.807, 2.05) is 0 Å². The molecule has 0 aromatic heterocycles. The summed E-state index contributed by atoms with van der Waals surface area (Å²) in [5, 5.41) is 0. The van der Waals surface area contributed by atoms with Gasteiger partial charge in [0, 0.05) is 0 Å². The van der Waals surface area contributed by atoms with Crippen molar-refractivity contribution in [2.45, 2.75) is 0 Å². The molecule has 56 heavy (non-hydrogen) atoms. The van der Waals surface area contributed by atoms with Crippen LogP contribution in [0.2, 0.25) is 0 Å². The first-order valence-electron chi connectivity index (χ1n) is 19.4. The van der Waals surface area contributed by atoms with Crippen LogP contribution < -0.4 is 22.5 Å². The van der Waals surface area contributed by atoms with Crippen molar-refractivity contribution in [2.75, 3.05) is 4.90 Å². The standard InChI is InChI=1S/C54H37GeN/c1-3-13-38(14-4-1)40-23-30-44(31-24-40)56(45-32-25-41(26-33-45)39-15-5-2-6-16-39)46-34-27-42(28-35-46)43-29-36-50-49-19-9-12-22-53(49)55(54(50)37-43)51-20-10-7-17-47(51)48-18-8-11-21-52(48)55/h1-37H. The maximum atomic E-state index is 2.55. The Hall–Kier alpha value is -6.68. The minimum Gasteiger partial charge on any atom is -0.0617 e. The van der Waals surface area contributed by atoms with Gasteiger partial charge in [-0.1, -0.05) is 60.7 Å². The van der Waals surface area contributed by atoms with Gasteiger partial charge in [-0.05, 0) is 11.1 Å². The summed E-state index contributed by atoms with van der Waals surface area (Å²) in [5.41, 5.74) is 16.3. The molecule has 0 unspecified atom stereocenters. The molecule has 0 fully saturated rings. The molecule has 9 aromatic carbocycles. The summed E-state index contributed by atoms with van der Waals surface area (Å²) in [4.78, 5) is 2.36. The van der Waals surface area contributed by atoms with Gasteiger partial charge in [-0.15, -0.1) is 0 Å². The molecular formula is C54H37GeN. The molecule has 2 aliphatic rings. The van der Waals surface area contributed by atoms with Gasteiger partial charge in [-0.2, -0.15) is 0 Å². The van der Waals surface area contributed by atoms with Gasteiger partial charge in [-0.3, -0.25) is 0 Å². The molecule has 9 aromatic rings. The van der Waals surface area contributed by atoms with Crippen molar-refractivity contribution in [3.63, 3.8) is 0 Å². The quantitative estimate of drug-likeness (QED) is 0.152. The Morgan fingerprint density at radius 3 is 0.946 bits per heavy atom. The van der Waals surface area contributed by atoms with E-state index < -0.39 is 13.3 Å². The van der Waals surface area contributed by atoms with Gasteiger partial charge in [0.2, 0.25) is 0 Å². The molecule has 1 nitrogen and oxygen atoms in total. The van der Waals surface area contributed by atoms with Crippen LogP contribution in [0.4, 0.5) is 17.1 Å². The third-order valence-corrected chi connectivity index (χ3v) is 22.3. The zero-order valence-electron chi connectivity index (χ0n) is 30.8. The molecule has 0 N–H and O–H groups in total. The number of rotatable bonds is 6. The molecule has 262 valence electrons. The van der Waals surface area contributed by atoms with Gasteiger partial charge in [0.25, 0.3) is 0 Å². The minimum absolute atomic E-state index is 1.12. The largest absolute Gasteiger partial charge is 0.0617 e. The molecule has 0 bridgehead atoms. The SMILES string of the molecule is c1ccc(-c2ccc(N(c3ccc(-c4ccccc4)cc3)c3ccc(-c4ccc5[c](c4)[Ge]4([c]6ccccc6-c6cccc[c]64)[c]4ccccc4-5)cc3)cc2)cc1. The van der Waals surface area contributed by atoms with E-state index in [1.165, 1.54) is 55.6 Å². The summed E-state index contributed by atoms with van der Waals surface area (Å²) >= 11 is -3.25. The number of hydrogen-bond acceptors (Lipinski definition) is 1. The average molecular weight is 773 g/mol. The van der Waals surface area contributed by atoms with Crippen LogP contribution in [-0.4, -0.2) is 13.3 Å². The van der Waals surface area contributed by atoms with Crippen molar-refractivity contribution in [3.05, 3.63) is 224 Å². The van der Waals surface area contributed by atoms with Crippen molar-refractivity contribution < 1.29 is 0 Å². The number of fused-ring (bicyclic) bond motifs is 10. The summed E-state index contributed by atoms with van der Waals surface area (Å²) < 4.78 is 6.21. The predicted molar refractivity (Wildman–Crippen MR) is 239 cm³/mol. The molecule has 0 radical (unpaired) electrons. The summed E-state index contributed by atoms with van der Waals surface area (Å²) in [7, 11) is 0. The zero-order valence-corrected chi connectivity index (χ0v) is 32.9. The van der Waals surface area contributed by atoms with Crippen molar-refractivity contribution in [1.82, 2.24) is 0 Å². The van der Waals surface area contributed by atoms with Gasteiger partial charge >= 0.3 is 261 Å². The van der Waals surface area contributed by atoms with E-state index in [9.17, 15) is 0 Å². The average Bonchev–Trinajstić information content (AvgIpc) is 3.75. The van der Waals surface area contributed by atoms with Crippen molar-refractivity contribution in [2.24, 2.45) is 0 Å². The van der Waals surface area contributed by atoms with Gasteiger partial charge < -0.3 is 0 Å². The fourth-order valence-corrected chi connectivity index (χ4v) is 21.2. The second-order valence-electron chi connectivity index (χ2n) is 14.9. The molecular weight excluding hydrogens is 735 g/mol. The van der Waals surface area contributed by atoms with Crippen LogP contribution in [-0.2, 0) is 0 Å². The Morgan fingerprint density at radius 1 is 0.232 bits per heavy atom. The molecule has 2 aliphatic heterocycles. The van der Waals surface area contributed by atoms with Crippen molar-refractivity contribution >= 4 is 47.9 Å². The number of nitrogens with zero attached hydrogens (tertiary/aromatic N) is 1. The topological polar surface area (TPSA) is 3.24 Å². The summed E-state index contributed by atoms with van der Waals surface area (Å²) in [5.74, 6) is 0. The van der Waals surface area contributed by atoms with E-state index in [0.717, 1.165) is 17.1 Å². The van der Waals surface area contributed by atoms with Crippen LogP contribution in [0.3, 0.4) is 0 Å². The van der Waals surface area contributed by atoms with E-state index >= 15 is 0 Å². The third kappa shape index (κ3) is 5.08. The van der Waals surface area contributed by atoms with E-state index in [1.54, 1.807) is 17.6 Å². The van der Waals surface area contributed by atoms with Gasteiger partial charge in [0.15, 0.2) is 0 Å². The van der Waals surface area contributed by atoms with E-state index in [-0.39, 0.29) is 0 Å². The van der Waals surface area contributed by atoms with Gasteiger partial charge in [0.05, 0.1) is 0 Å². The first-order valence-corrected chi connectivity index (χ1v) is 23.6. The molecule has 0 saturated heterocycles. The Morgan fingerprint density at radius 2 is 0.536 bits per heavy atom. The van der Waals surface area contributed by atoms with Crippen LogP contribution in [0.5, 0.6) is 0 Å². The number of anilines is 3. The van der Waals surface area contributed by atoms with Crippen LogP contribution in [0.15, 0.2) is 224 Å². The molecule has 2 heteroatoms. The second kappa shape index (κ2) is 13.3. The summed E-state index contributed by atoms with van der Waals surface area (Å²) in [6, 6.07) is 83.2. The van der Waals surface area contributed by atoms with E-state index in [0.29, 0.717) is 0 Å². The normalized spacial score (nSPS) is 12.8. The van der Waals surface area contributed by atoms with E-state index in [2.05, 4.69) is 229 Å². The Balaban J connectivity index is 1.01. The van der Waals surface area contributed by atoms with Crippen LogP contribution in [0, 0.1) is 0 Å². The maximum Gasteiger partial charge on any atom is -0.0544 e. The molecule has 0 atom stereocenters. The molecule has 0 aliphatic carbocycles. The van der Waals surface area contributed by atoms with Crippen LogP contribution in [0.1, 0.15) is 0 Å². The smallest absolute Gasteiger partial charge is 0.0544 e. The fourth-order valence-electron chi connectivity index (χ4n) is 9.39. The van der Waals surface area contributed by atoms with E-state index in [4.69, 9.17) is 0 Å². The zero-order chi connectivity index (χ0) is 37.1. The molecule has 2 heterocycles. The monoisotopic (exact) mass is 773 g/mol. The first-order chi connectivity index (χ1) is 27.8. The Kier molecular flexibility index (Phi) is 7.75. The second-order valence-corrected chi connectivity index (χ2v) is 22.5. The molecule has 11 rings (SSSR count). The van der Waals surface area contributed by atoms with Crippen molar-refractivity contribution in [1.29, 1.82) is 0 Å². The fraction of sp³-hybridized carbons (Fsp3) is 0. The minimum atomic E-state index is -3.25. The number of benzene rings is 9. The molecule has 0 amide bonds. The Labute approximate surface area is 331 Å².